The maximum atomic E-state index is 5.23. The van der Waals surface area contributed by atoms with Gasteiger partial charge in [0.2, 0.25) is 9.76 Å². The van der Waals surface area contributed by atoms with Crippen LogP contribution < -0.4 is 0 Å². The Labute approximate surface area is 65.2 Å². The highest BCUT2D eigenvalue weighted by molar-refractivity contribution is 6.27. The lowest BCUT2D eigenvalue weighted by atomic mass is 10.6. The Balaban J connectivity index is 2.77. The molecule has 0 saturated heterocycles. The van der Waals surface area contributed by atoms with E-state index in [1.165, 1.54) is 0 Å². The minimum atomic E-state index is 0.582. The third-order valence-corrected chi connectivity index (χ3v) is 1.74. The Kier molecular flexibility index (Phi) is 8.77. The van der Waals surface area contributed by atoms with E-state index in [-0.39, 0.29) is 0 Å². The van der Waals surface area contributed by atoms with Crippen molar-refractivity contribution in [3.8, 4) is 0 Å². The lowest BCUT2D eigenvalue weighted by Gasteiger charge is -1.98. The number of hydrogen-bond acceptors (Lipinski definition) is 2. The molecule has 0 heterocycles. The van der Waals surface area contributed by atoms with Crippen molar-refractivity contribution < 1.29 is 9.16 Å². The maximum absolute atomic E-state index is 5.23. The number of rotatable bonds is 6. The van der Waals surface area contributed by atoms with Gasteiger partial charge in [0.05, 0.1) is 13.2 Å². The summed E-state index contributed by atoms with van der Waals surface area (Å²) in [5.41, 5.74) is 0. The van der Waals surface area contributed by atoms with Crippen molar-refractivity contribution in [2.24, 2.45) is 0 Å². The van der Waals surface area contributed by atoms with Crippen LogP contribution in [0.1, 0.15) is 6.92 Å². The molecule has 2 nitrogen and oxygen atoms in total. The molecule has 0 saturated carbocycles. The zero-order valence-electron chi connectivity index (χ0n) is 6.59. The lowest BCUT2D eigenvalue weighted by Crippen LogP contribution is -2.04. The monoisotopic (exact) mass is 158 g/mol. The number of methoxy groups -OCH3 is 1. The maximum Gasteiger partial charge on any atom is 0.233 e. The molecular weight excluding hydrogens is 144 g/mol. The Bertz CT molecular complexity index is 83.7. The van der Waals surface area contributed by atoms with Gasteiger partial charge in [0.25, 0.3) is 0 Å². The second kappa shape index (κ2) is 8.88. The third kappa shape index (κ3) is 7.88. The van der Waals surface area contributed by atoms with Gasteiger partial charge < -0.3 is 9.16 Å². The zero-order valence-corrected chi connectivity index (χ0v) is 7.59. The minimum Gasteiger partial charge on any atom is -0.415 e. The number of allylic oxidation sites excluding steroid dienone is 2. The molecule has 0 aromatic carbocycles. The standard InChI is InChI=1S/C7H14O2Si/c1-3-4-7-10-9-6-5-8-2/h3-4H,5-7H2,1-2H3/b4-3+. The predicted octanol–water partition coefficient (Wildman–Crippen LogP) is 1.26. The third-order valence-electron chi connectivity index (χ3n) is 0.928. The van der Waals surface area contributed by atoms with E-state index in [0.717, 1.165) is 6.04 Å². The Hall–Kier alpha value is -0.123. The summed E-state index contributed by atoms with van der Waals surface area (Å²) in [6, 6.07) is 1.03. The second-order valence-corrected chi connectivity index (χ2v) is 2.74. The second-order valence-electron chi connectivity index (χ2n) is 1.76. The SMILES string of the molecule is C/C=C/C[Si]OCCOC. The van der Waals surface area contributed by atoms with Crippen LogP contribution >= 0.6 is 0 Å². The zero-order chi connectivity index (χ0) is 7.66. The van der Waals surface area contributed by atoms with Gasteiger partial charge in [-0.1, -0.05) is 12.2 Å². The van der Waals surface area contributed by atoms with E-state index in [4.69, 9.17) is 9.16 Å². The molecule has 2 radical (unpaired) electrons. The highest BCUT2D eigenvalue weighted by atomic mass is 28.2. The first-order chi connectivity index (χ1) is 4.91. The van der Waals surface area contributed by atoms with Crippen LogP contribution in [-0.2, 0) is 9.16 Å². The molecule has 0 fully saturated rings. The molecule has 0 unspecified atom stereocenters. The fourth-order valence-electron chi connectivity index (χ4n) is 0.422. The van der Waals surface area contributed by atoms with Crippen LogP contribution in [0, 0.1) is 0 Å². The summed E-state index contributed by atoms with van der Waals surface area (Å²) in [5, 5.41) is 0. The van der Waals surface area contributed by atoms with Crippen LogP contribution in [0.15, 0.2) is 12.2 Å². The Morgan fingerprint density at radius 3 is 2.80 bits per heavy atom. The number of ether oxygens (including phenoxy) is 1. The van der Waals surface area contributed by atoms with Crippen molar-refractivity contribution in [3.63, 3.8) is 0 Å². The molecular formula is C7H14O2Si. The van der Waals surface area contributed by atoms with Gasteiger partial charge in [-0.2, -0.15) is 0 Å². The Morgan fingerprint density at radius 2 is 2.20 bits per heavy atom. The van der Waals surface area contributed by atoms with Crippen LogP contribution in [0.25, 0.3) is 0 Å². The predicted molar refractivity (Wildman–Crippen MR) is 43.2 cm³/mol. The Morgan fingerprint density at radius 1 is 1.40 bits per heavy atom. The summed E-state index contributed by atoms with van der Waals surface area (Å²) in [6.07, 6.45) is 4.14. The summed E-state index contributed by atoms with van der Waals surface area (Å²) in [7, 11) is 2.26. The number of hydrogen-bond donors (Lipinski definition) is 0. The van der Waals surface area contributed by atoms with Crippen molar-refractivity contribution in [3.05, 3.63) is 12.2 Å². The summed E-state index contributed by atoms with van der Waals surface area (Å²) in [5.74, 6) is 0. The largest absolute Gasteiger partial charge is 0.415 e. The first kappa shape index (κ1) is 9.88. The van der Waals surface area contributed by atoms with Crippen molar-refractivity contribution in [1.29, 1.82) is 0 Å². The first-order valence-electron chi connectivity index (χ1n) is 3.36. The van der Waals surface area contributed by atoms with Crippen molar-refractivity contribution in [2.45, 2.75) is 13.0 Å². The van der Waals surface area contributed by atoms with Crippen molar-refractivity contribution in [1.82, 2.24) is 0 Å². The van der Waals surface area contributed by atoms with Gasteiger partial charge in [0.15, 0.2) is 0 Å². The van der Waals surface area contributed by atoms with Crippen LogP contribution in [0.3, 0.4) is 0 Å². The average molecular weight is 158 g/mol. The van der Waals surface area contributed by atoms with Crippen LogP contribution in [0.4, 0.5) is 0 Å². The van der Waals surface area contributed by atoms with Crippen LogP contribution in [-0.4, -0.2) is 30.1 Å². The van der Waals surface area contributed by atoms with E-state index in [0.29, 0.717) is 23.0 Å². The molecule has 0 aliphatic heterocycles. The molecule has 0 amide bonds. The molecule has 0 N–H and O–H groups in total. The van der Waals surface area contributed by atoms with Crippen LogP contribution in [0.2, 0.25) is 6.04 Å². The van der Waals surface area contributed by atoms with Gasteiger partial charge in [-0.25, -0.2) is 0 Å². The molecule has 0 aliphatic carbocycles. The van der Waals surface area contributed by atoms with Gasteiger partial charge in [0.1, 0.15) is 0 Å². The molecule has 58 valence electrons. The minimum absolute atomic E-state index is 0.582. The van der Waals surface area contributed by atoms with Gasteiger partial charge in [-0.05, 0) is 13.0 Å². The van der Waals surface area contributed by atoms with E-state index in [9.17, 15) is 0 Å². The summed E-state index contributed by atoms with van der Waals surface area (Å²) >= 11 is 0. The van der Waals surface area contributed by atoms with E-state index >= 15 is 0 Å². The highest BCUT2D eigenvalue weighted by Crippen LogP contribution is 1.83. The molecule has 0 spiro atoms. The smallest absolute Gasteiger partial charge is 0.233 e. The quantitative estimate of drug-likeness (QED) is 0.329. The normalized spacial score (nSPS) is 11.0. The molecule has 0 rings (SSSR count). The van der Waals surface area contributed by atoms with Gasteiger partial charge in [0, 0.05) is 7.11 Å². The molecule has 0 aliphatic rings. The van der Waals surface area contributed by atoms with Gasteiger partial charge in [-0.15, -0.1) is 0 Å². The molecule has 0 atom stereocenters. The summed E-state index contributed by atoms with van der Waals surface area (Å²) in [6.45, 7) is 3.43. The van der Waals surface area contributed by atoms with Gasteiger partial charge >= 0.3 is 0 Å². The van der Waals surface area contributed by atoms with Crippen LogP contribution in [0.5, 0.6) is 0 Å². The molecule has 0 aromatic rings. The van der Waals surface area contributed by atoms with Crippen molar-refractivity contribution in [2.75, 3.05) is 20.3 Å². The molecule has 3 heteroatoms. The lowest BCUT2D eigenvalue weighted by molar-refractivity contribution is 0.149. The highest BCUT2D eigenvalue weighted by Gasteiger charge is 1.86. The average Bonchev–Trinajstić information content (AvgIpc) is 1.97. The molecule has 0 bridgehead atoms. The first-order valence-corrected chi connectivity index (χ1v) is 4.48. The van der Waals surface area contributed by atoms with Gasteiger partial charge in [-0.3, -0.25) is 0 Å². The van der Waals surface area contributed by atoms with E-state index in [1.54, 1.807) is 7.11 Å². The van der Waals surface area contributed by atoms with Crippen molar-refractivity contribution >= 4 is 9.76 Å². The summed E-state index contributed by atoms with van der Waals surface area (Å²) in [4.78, 5) is 0. The topological polar surface area (TPSA) is 18.5 Å². The molecule has 0 aromatic heterocycles. The fourth-order valence-corrected chi connectivity index (χ4v) is 1.10. The van der Waals surface area contributed by atoms with E-state index < -0.39 is 0 Å². The van der Waals surface area contributed by atoms with E-state index in [1.807, 2.05) is 13.0 Å². The molecule has 10 heavy (non-hydrogen) atoms. The fraction of sp³-hybridized carbons (Fsp3) is 0.714. The van der Waals surface area contributed by atoms with E-state index in [2.05, 4.69) is 6.08 Å². The summed E-state index contributed by atoms with van der Waals surface area (Å²) < 4.78 is 10.0.